The van der Waals surface area contributed by atoms with Gasteiger partial charge in [-0.3, -0.25) is 9.52 Å². The summed E-state index contributed by atoms with van der Waals surface area (Å²) >= 11 is 0. The van der Waals surface area contributed by atoms with Gasteiger partial charge in [0.25, 0.3) is 10.0 Å². The van der Waals surface area contributed by atoms with Crippen molar-refractivity contribution in [1.29, 1.82) is 0 Å². The van der Waals surface area contributed by atoms with E-state index in [2.05, 4.69) is 10.0 Å². The van der Waals surface area contributed by atoms with Crippen molar-refractivity contribution in [3.63, 3.8) is 0 Å². The zero-order valence-electron chi connectivity index (χ0n) is 15.9. The van der Waals surface area contributed by atoms with Crippen molar-refractivity contribution in [3.8, 4) is 0 Å². The number of hydrogen-bond acceptors (Lipinski definition) is 4. The molecular formula is C20H26N2O4S. The van der Waals surface area contributed by atoms with E-state index >= 15 is 0 Å². The van der Waals surface area contributed by atoms with Crippen LogP contribution in [-0.4, -0.2) is 27.5 Å². The number of nitrogens with one attached hydrogen (secondary N) is 2. The molecule has 2 N–H and O–H groups in total. The molecule has 6 nitrogen and oxygen atoms in total. The third-order valence-corrected chi connectivity index (χ3v) is 5.13. The SMILES string of the molecule is Cc1ccc(NC(=O)CCOCC(C)C)cc1NS(=O)(=O)c1ccccc1. The predicted molar refractivity (Wildman–Crippen MR) is 107 cm³/mol. The summed E-state index contributed by atoms with van der Waals surface area (Å²) in [6.45, 7) is 6.86. The average Bonchev–Trinajstić information content (AvgIpc) is 2.62. The second kappa shape index (κ2) is 9.53. The maximum atomic E-state index is 12.5. The summed E-state index contributed by atoms with van der Waals surface area (Å²) in [6.07, 6.45) is 0.242. The highest BCUT2D eigenvalue weighted by Crippen LogP contribution is 2.23. The Morgan fingerprint density at radius 1 is 1.11 bits per heavy atom. The van der Waals surface area contributed by atoms with Crippen LogP contribution >= 0.6 is 0 Å². The zero-order valence-corrected chi connectivity index (χ0v) is 16.7. The third-order valence-electron chi connectivity index (χ3n) is 3.74. The monoisotopic (exact) mass is 390 g/mol. The van der Waals surface area contributed by atoms with E-state index in [1.165, 1.54) is 12.1 Å². The van der Waals surface area contributed by atoms with E-state index in [0.29, 0.717) is 30.5 Å². The number of carbonyl (C=O) groups is 1. The highest BCUT2D eigenvalue weighted by atomic mass is 32.2. The molecule has 0 unspecified atom stereocenters. The van der Waals surface area contributed by atoms with E-state index in [-0.39, 0.29) is 17.2 Å². The van der Waals surface area contributed by atoms with Crippen LogP contribution in [0.4, 0.5) is 11.4 Å². The molecule has 2 rings (SSSR count). The number of sulfonamides is 1. The van der Waals surface area contributed by atoms with E-state index in [9.17, 15) is 13.2 Å². The largest absolute Gasteiger partial charge is 0.381 e. The van der Waals surface area contributed by atoms with Crippen molar-refractivity contribution in [2.24, 2.45) is 5.92 Å². The maximum absolute atomic E-state index is 12.5. The van der Waals surface area contributed by atoms with Crippen molar-refractivity contribution >= 4 is 27.3 Å². The molecule has 1 amide bonds. The van der Waals surface area contributed by atoms with Gasteiger partial charge in [0.1, 0.15) is 0 Å². The normalized spacial score (nSPS) is 11.4. The Morgan fingerprint density at radius 3 is 2.48 bits per heavy atom. The molecule has 0 bridgehead atoms. The number of anilines is 2. The molecule has 146 valence electrons. The third kappa shape index (κ3) is 6.69. The Balaban J connectivity index is 2.02. The summed E-state index contributed by atoms with van der Waals surface area (Å²) in [5.74, 6) is 0.241. The summed E-state index contributed by atoms with van der Waals surface area (Å²) in [5.41, 5.74) is 1.71. The lowest BCUT2D eigenvalue weighted by molar-refractivity contribution is -0.117. The summed E-state index contributed by atoms with van der Waals surface area (Å²) in [6, 6.07) is 13.3. The molecule has 0 aliphatic heterocycles. The van der Waals surface area contributed by atoms with Crippen LogP contribution in [0, 0.1) is 12.8 Å². The Kier molecular flexibility index (Phi) is 7.38. The highest BCUT2D eigenvalue weighted by Gasteiger charge is 2.15. The molecule has 0 aliphatic rings. The van der Waals surface area contributed by atoms with E-state index < -0.39 is 10.0 Å². The molecule has 0 saturated carbocycles. The minimum Gasteiger partial charge on any atom is -0.381 e. The van der Waals surface area contributed by atoms with Gasteiger partial charge in [0.2, 0.25) is 5.91 Å². The van der Waals surface area contributed by atoms with Gasteiger partial charge in [-0.1, -0.05) is 38.1 Å². The molecule has 0 radical (unpaired) electrons. The smallest absolute Gasteiger partial charge is 0.261 e. The fourth-order valence-corrected chi connectivity index (χ4v) is 3.46. The lowest BCUT2D eigenvalue weighted by atomic mass is 10.2. The van der Waals surface area contributed by atoms with E-state index in [0.717, 1.165) is 5.56 Å². The van der Waals surface area contributed by atoms with Crippen molar-refractivity contribution in [2.45, 2.75) is 32.1 Å². The fourth-order valence-electron chi connectivity index (χ4n) is 2.32. The molecule has 0 spiro atoms. The van der Waals surface area contributed by atoms with Gasteiger partial charge in [-0.05, 0) is 42.7 Å². The number of benzene rings is 2. The second-order valence-electron chi connectivity index (χ2n) is 6.72. The van der Waals surface area contributed by atoms with Gasteiger partial charge < -0.3 is 10.1 Å². The molecule has 27 heavy (non-hydrogen) atoms. The minimum absolute atomic E-state index is 0.181. The van der Waals surface area contributed by atoms with Crippen LogP contribution in [0.2, 0.25) is 0 Å². The van der Waals surface area contributed by atoms with Crippen molar-refractivity contribution < 1.29 is 17.9 Å². The van der Waals surface area contributed by atoms with Gasteiger partial charge >= 0.3 is 0 Å². The summed E-state index contributed by atoms with van der Waals surface area (Å²) in [4.78, 5) is 12.2. The van der Waals surface area contributed by atoms with Gasteiger partial charge in [-0.25, -0.2) is 8.42 Å². The van der Waals surface area contributed by atoms with Gasteiger partial charge in [0, 0.05) is 12.3 Å². The molecular weight excluding hydrogens is 364 g/mol. The lowest BCUT2D eigenvalue weighted by Gasteiger charge is -2.13. The van der Waals surface area contributed by atoms with Gasteiger partial charge in [0.15, 0.2) is 0 Å². The standard InChI is InChI=1S/C20H26N2O4S/c1-15(2)14-26-12-11-20(23)21-17-10-9-16(3)19(13-17)22-27(24,25)18-7-5-4-6-8-18/h4-10,13,15,22H,11-12,14H2,1-3H3,(H,21,23). The fraction of sp³-hybridized carbons (Fsp3) is 0.350. The molecule has 0 fully saturated rings. The molecule has 0 aliphatic carbocycles. The van der Waals surface area contributed by atoms with E-state index in [1.807, 2.05) is 13.8 Å². The highest BCUT2D eigenvalue weighted by molar-refractivity contribution is 7.92. The first-order chi connectivity index (χ1) is 12.8. The molecule has 0 saturated heterocycles. The van der Waals surface area contributed by atoms with Crippen molar-refractivity contribution in [1.82, 2.24) is 0 Å². The second-order valence-corrected chi connectivity index (χ2v) is 8.40. The molecule has 0 heterocycles. The molecule has 0 atom stereocenters. The summed E-state index contributed by atoms with van der Waals surface area (Å²) in [7, 11) is -3.69. The first-order valence-electron chi connectivity index (χ1n) is 8.84. The number of amides is 1. The van der Waals surface area contributed by atoms with Crippen LogP contribution in [-0.2, 0) is 19.6 Å². The average molecular weight is 391 g/mol. The zero-order chi connectivity index (χ0) is 19.9. The van der Waals surface area contributed by atoms with E-state index in [1.54, 1.807) is 43.3 Å². The number of hydrogen-bond donors (Lipinski definition) is 2. The number of ether oxygens (including phenoxy) is 1. The maximum Gasteiger partial charge on any atom is 0.261 e. The summed E-state index contributed by atoms with van der Waals surface area (Å²) < 4.78 is 33.0. The van der Waals surface area contributed by atoms with Crippen LogP contribution in [0.15, 0.2) is 53.4 Å². The van der Waals surface area contributed by atoms with Gasteiger partial charge in [-0.15, -0.1) is 0 Å². The number of rotatable bonds is 9. The lowest BCUT2D eigenvalue weighted by Crippen LogP contribution is -2.16. The van der Waals surface area contributed by atoms with Gasteiger partial charge in [0.05, 0.1) is 23.6 Å². The first kappa shape index (κ1) is 20.9. The Hall–Kier alpha value is -2.38. The number of aryl methyl sites for hydroxylation is 1. The summed E-state index contributed by atoms with van der Waals surface area (Å²) in [5, 5.41) is 2.77. The van der Waals surface area contributed by atoms with Crippen molar-refractivity contribution in [2.75, 3.05) is 23.3 Å². The van der Waals surface area contributed by atoms with Crippen LogP contribution in [0.1, 0.15) is 25.8 Å². The van der Waals surface area contributed by atoms with E-state index in [4.69, 9.17) is 4.74 Å². The molecule has 0 aromatic heterocycles. The Labute approximate surface area is 161 Å². The van der Waals surface area contributed by atoms with Crippen molar-refractivity contribution in [3.05, 3.63) is 54.1 Å². The van der Waals surface area contributed by atoms with Crippen LogP contribution in [0.3, 0.4) is 0 Å². The first-order valence-corrected chi connectivity index (χ1v) is 10.3. The van der Waals surface area contributed by atoms with Crippen LogP contribution in [0.25, 0.3) is 0 Å². The van der Waals surface area contributed by atoms with Crippen LogP contribution in [0.5, 0.6) is 0 Å². The minimum atomic E-state index is -3.69. The Bertz CT molecular complexity index is 865. The molecule has 2 aromatic rings. The Morgan fingerprint density at radius 2 is 1.81 bits per heavy atom. The molecule has 2 aromatic carbocycles. The predicted octanol–water partition coefficient (Wildman–Crippen LogP) is 3.80. The van der Waals surface area contributed by atoms with Gasteiger partial charge in [-0.2, -0.15) is 0 Å². The molecule has 7 heteroatoms. The topological polar surface area (TPSA) is 84.5 Å². The quantitative estimate of drug-likeness (QED) is 0.638. The van der Waals surface area contributed by atoms with Crippen LogP contribution < -0.4 is 10.0 Å². The number of carbonyl (C=O) groups excluding carboxylic acids is 1.